The molecular formula is C11H18N2O2S. The molecular weight excluding hydrogens is 224 g/mol. The summed E-state index contributed by atoms with van der Waals surface area (Å²) < 4.78 is 27.0. The molecule has 5 heteroatoms. The first kappa shape index (κ1) is 13.0. The number of rotatable bonds is 5. The number of nitrogens with zero attached hydrogens (tertiary/aromatic N) is 2. The van der Waals surface area contributed by atoms with Crippen LogP contribution in [0.3, 0.4) is 0 Å². The van der Waals surface area contributed by atoms with Crippen LogP contribution in [0.2, 0.25) is 0 Å². The van der Waals surface area contributed by atoms with Crippen LogP contribution in [-0.2, 0) is 10.2 Å². The van der Waals surface area contributed by atoms with Gasteiger partial charge in [0, 0.05) is 20.1 Å². The van der Waals surface area contributed by atoms with Gasteiger partial charge in [0.2, 0.25) is 0 Å². The SMILES string of the molecule is CCN(CC)S(=O)(=O)N(C)c1ccccc1. The average molecular weight is 242 g/mol. The van der Waals surface area contributed by atoms with E-state index in [4.69, 9.17) is 0 Å². The predicted octanol–water partition coefficient (Wildman–Crippen LogP) is 1.71. The van der Waals surface area contributed by atoms with Gasteiger partial charge in [-0.25, -0.2) is 0 Å². The van der Waals surface area contributed by atoms with Crippen LogP contribution in [0, 0.1) is 0 Å². The lowest BCUT2D eigenvalue weighted by molar-refractivity contribution is 0.444. The van der Waals surface area contributed by atoms with Crippen LogP contribution in [0.5, 0.6) is 0 Å². The molecule has 0 amide bonds. The van der Waals surface area contributed by atoms with Crippen molar-refractivity contribution in [3.8, 4) is 0 Å². The minimum atomic E-state index is -3.39. The molecule has 4 nitrogen and oxygen atoms in total. The predicted molar refractivity (Wildman–Crippen MR) is 66.7 cm³/mol. The Morgan fingerprint density at radius 1 is 1.06 bits per heavy atom. The molecule has 0 aliphatic carbocycles. The van der Waals surface area contributed by atoms with E-state index in [0.29, 0.717) is 18.8 Å². The van der Waals surface area contributed by atoms with E-state index in [9.17, 15) is 8.42 Å². The molecule has 0 aromatic heterocycles. The van der Waals surface area contributed by atoms with Crippen LogP contribution in [0.1, 0.15) is 13.8 Å². The first-order valence-corrected chi connectivity index (χ1v) is 6.72. The maximum atomic E-state index is 12.1. The van der Waals surface area contributed by atoms with Crippen LogP contribution in [-0.4, -0.2) is 32.9 Å². The van der Waals surface area contributed by atoms with E-state index in [1.807, 2.05) is 32.0 Å². The van der Waals surface area contributed by atoms with Gasteiger partial charge in [-0.3, -0.25) is 4.31 Å². The third-order valence-electron chi connectivity index (χ3n) is 2.50. The van der Waals surface area contributed by atoms with Crippen LogP contribution in [0.25, 0.3) is 0 Å². The Kier molecular flexibility index (Phi) is 4.32. The smallest absolute Gasteiger partial charge is 0.261 e. The molecule has 0 aliphatic rings. The Labute approximate surface area is 97.7 Å². The number of benzene rings is 1. The standard InChI is InChI=1S/C11H18N2O2S/c1-4-13(5-2)16(14,15)12(3)11-9-7-6-8-10-11/h6-10H,4-5H2,1-3H3. The average Bonchev–Trinajstić information content (AvgIpc) is 2.30. The Morgan fingerprint density at radius 3 is 2.00 bits per heavy atom. The van der Waals surface area contributed by atoms with Crippen molar-refractivity contribution >= 4 is 15.9 Å². The highest BCUT2D eigenvalue weighted by Gasteiger charge is 2.24. The van der Waals surface area contributed by atoms with E-state index < -0.39 is 10.2 Å². The number of para-hydroxylation sites is 1. The molecule has 1 aromatic rings. The Morgan fingerprint density at radius 2 is 1.56 bits per heavy atom. The van der Waals surface area contributed by atoms with Gasteiger partial charge in [0.05, 0.1) is 5.69 Å². The van der Waals surface area contributed by atoms with E-state index >= 15 is 0 Å². The summed E-state index contributed by atoms with van der Waals surface area (Å²) >= 11 is 0. The van der Waals surface area contributed by atoms with Crippen LogP contribution < -0.4 is 4.31 Å². The molecule has 0 N–H and O–H groups in total. The summed E-state index contributed by atoms with van der Waals surface area (Å²) in [4.78, 5) is 0. The number of hydrogen-bond donors (Lipinski definition) is 0. The van der Waals surface area contributed by atoms with Crippen molar-refractivity contribution in [2.45, 2.75) is 13.8 Å². The van der Waals surface area contributed by atoms with Gasteiger partial charge in [0.1, 0.15) is 0 Å². The van der Waals surface area contributed by atoms with Crippen molar-refractivity contribution in [3.05, 3.63) is 30.3 Å². The lowest BCUT2D eigenvalue weighted by Gasteiger charge is -2.26. The topological polar surface area (TPSA) is 40.6 Å². The number of hydrogen-bond acceptors (Lipinski definition) is 2. The van der Waals surface area contributed by atoms with Crippen LogP contribution >= 0.6 is 0 Å². The molecule has 0 fully saturated rings. The summed E-state index contributed by atoms with van der Waals surface area (Å²) in [5.74, 6) is 0. The van der Waals surface area contributed by atoms with Crippen molar-refractivity contribution in [2.24, 2.45) is 0 Å². The maximum Gasteiger partial charge on any atom is 0.303 e. The Bertz CT molecular complexity index is 413. The summed E-state index contributed by atoms with van der Waals surface area (Å²) in [6.45, 7) is 4.63. The maximum absolute atomic E-state index is 12.1. The molecule has 0 saturated heterocycles. The van der Waals surface area contributed by atoms with Crippen LogP contribution in [0.4, 0.5) is 5.69 Å². The molecule has 0 radical (unpaired) electrons. The summed E-state index contributed by atoms with van der Waals surface area (Å²) in [5.41, 5.74) is 0.675. The van der Waals surface area contributed by atoms with Crippen molar-refractivity contribution in [1.29, 1.82) is 0 Å². The van der Waals surface area contributed by atoms with Crippen LogP contribution in [0.15, 0.2) is 30.3 Å². The zero-order valence-electron chi connectivity index (χ0n) is 9.92. The second kappa shape index (κ2) is 5.32. The van der Waals surface area contributed by atoms with Crippen molar-refractivity contribution in [1.82, 2.24) is 4.31 Å². The molecule has 16 heavy (non-hydrogen) atoms. The van der Waals surface area contributed by atoms with Crippen molar-refractivity contribution < 1.29 is 8.42 Å². The molecule has 0 aliphatic heterocycles. The van der Waals surface area contributed by atoms with Gasteiger partial charge in [-0.1, -0.05) is 32.0 Å². The highest BCUT2D eigenvalue weighted by Crippen LogP contribution is 2.17. The second-order valence-corrected chi connectivity index (χ2v) is 5.35. The fraction of sp³-hybridized carbons (Fsp3) is 0.455. The third-order valence-corrected chi connectivity index (χ3v) is 4.57. The van der Waals surface area contributed by atoms with Gasteiger partial charge in [0.15, 0.2) is 0 Å². The minimum Gasteiger partial charge on any atom is -0.261 e. The second-order valence-electron chi connectivity index (χ2n) is 3.40. The molecule has 0 saturated carbocycles. The zero-order chi connectivity index (χ0) is 12.2. The quantitative estimate of drug-likeness (QED) is 0.788. The molecule has 1 aromatic carbocycles. The van der Waals surface area contributed by atoms with Gasteiger partial charge in [-0.05, 0) is 12.1 Å². The van der Waals surface area contributed by atoms with Gasteiger partial charge >= 0.3 is 10.2 Å². The monoisotopic (exact) mass is 242 g/mol. The lowest BCUT2D eigenvalue weighted by atomic mass is 10.3. The first-order chi connectivity index (χ1) is 7.54. The summed E-state index contributed by atoms with van der Waals surface area (Å²) in [7, 11) is -1.82. The van der Waals surface area contributed by atoms with Gasteiger partial charge in [0.25, 0.3) is 0 Å². The van der Waals surface area contributed by atoms with E-state index in [1.54, 1.807) is 19.2 Å². The van der Waals surface area contributed by atoms with Gasteiger partial charge in [-0.2, -0.15) is 12.7 Å². The van der Waals surface area contributed by atoms with E-state index in [-0.39, 0.29) is 0 Å². The van der Waals surface area contributed by atoms with E-state index in [1.165, 1.54) is 8.61 Å². The fourth-order valence-electron chi connectivity index (χ4n) is 1.49. The molecule has 0 heterocycles. The Balaban J connectivity index is 3.01. The first-order valence-electron chi connectivity index (χ1n) is 5.33. The molecule has 0 atom stereocenters. The summed E-state index contributed by atoms with van der Waals surface area (Å²) in [5, 5.41) is 0. The lowest BCUT2D eigenvalue weighted by Crippen LogP contribution is -2.41. The third kappa shape index (κ3) is 2.54. The van der Waals surface area contributed by atoms with Crippen molar-refractivity contribution in [3.63, 3.8) is 0 Å². The molecule has 0 unspecified atom stereocenters. The van der Waals surface area contributed by atoms with Gasteiger partial charge < -0.3 is 0 Å². The zero-order valence-corrected chi connectivity index (χ0v) is 10.7. The van der Waals surface area contributed by atoms with E-state index in [2.05, 4.69) is 0 Å². The fourth-order valence-corrected chi connectivity index (χ4v) is 2.88. The molecule has 0 spiro atoms. The number of anilines is 1. The van der Waals surface area contributed by atoms with Gasteiger partial charge in [-0.15, -0.1) is 0 Å². The molecule has 1 rings (SSSR count). The highest BCUT2D eigenvalue weighted by atomic mass is 32.2. The largest absolute Gasteiger partial charge is 0.303 e. The molecule has 90 valence electrons. The summed E-state index contributed by atoms with van der Waals surface area (Å²) in [6.07, 6.45) is 0. The van der Waals surface area contributed by atoms with Crippen molar-refractivity contribution in [2.75, 3.05) is 24.4 Å². The normalized spacial score (nSPS) is 11.8. The Hall–Kier alpha value is -1.07. The summed E-state index contributed by atoms with van der Waals surface area (Å²) in [6, 6.07) is 9.07. The molecule has 0 bridgehead atoms. The minimum absolute atomic E-state index is 0.482. The van der Waals surface area contributed by atoms with E-state index in [0.717, 1.165) is 0 Å². The highest BCUT2D eigenvalue weighted by molar-refractivity contribution is 7.90.